The SMILES string of the molecule is COc1cc(OC)c(S(=O)(=O)N(C)C2CCCCC2)cc1-c1ccnn1-c1ccccc1Cl. The van der Waals surface area contributed by atoms with Crippen molar-refractivity contribution in [1.82, 2.24) is 14.1 Å². The van der Waals surface area contributed by atoms with Crippen LogP contribution < -0.4 is 9.47 Å². The predicted octanol–water partition coefficient (Wildman–Crippen LogP) is 5.16. The van der Waals surface area contributed by atoms with Gasteiger partial charge in [0, 0.05) is 24.7 Å². The van der Waals surface area contributed by atoms with Crippen LogP contribution in [-0.4, -0.2) is 49.8 Å². The van der Waals surface area contributed by atoms with Crippen LogP contribution in [-0.2, 0) is 10.0 Å². The summed E-state index contributed by atoms with van der Waals surface area (Å²) in [7, 11) is 0.846. The first-order valence-electron chi connectivity index (χ1n) is 10.9. The van der Waals surface area contributed by atoms with Gasteiger partial charge in [0.1, 0.15) is 16.4 Å². The minimum atomic E-state index is -3.81. The highest BCUT2D eigenvalue weighted by Crippen LogP contribution is 2.41. The van der Waals surface area contributed by atoms with E-state index in [1.54, 1.807) is 42.2 Å². The molecule has 1 aliphatic carbocycles. The molecule has 1 heterocycles. The van der Waals surface area contributed by atoms with Crippen LogP contribution in [0.1, 0.15) is 32.1 Å². The molecule has 0 radical (unpaired) electrons. The molecule has 0 N–H and O–H groups in total. The van der Waals surface area contributed by atoms with Crippen LogP contribution in [0.2, 0.25) is 5.02 Å². The van der Waals surface area contributed by atoms with Gasteiger partial charge in [0.2, 0.25) is 10.0 Å². The van der Waals surface area contributed by atoms with Gasteiger partial charge < -0.3 is 9.47 Å². The van der Waals surface area contributed by atoms with E-state index < -0.39 is 10.0 Å². The lowest BCUT2D eigenvalue weighted by Crippen LogP contribution is -2.38. The Bertz CT molecular complexity index is 1240. The van der Waals surface area contributed by atoms with Gasteiger partial charge in [0.25, 0.3) is 0 Å². The van der Waals surface area contributed by atoms with Crippen LogP contribution >= 0.6 is 11.6 Å². The quantitative estimate of drug-likeness (QED) is 0.458. The number of para-hydroxylation sites is 1. The topological polar surface area (TPSA) is 73.7 Å². The molecule has 4 rings (SSSR count). The molecule has 0 atom stereocenters. The Morgan fingerprint density at radius 3 is 2.39 bits per heavy atom. The average Bonchev–Trinajstić information content (AvgIpc) is 3.32. The maximum Gasteiger partial charge on any atom is 0.246 e. The molecular formula is C24H28ClN3O4S. The van der Waals surface area contributed by atoms with Crippen molar-refractivity contribution in [2.24, 2.45) is 0 Å². The van der Waals surface area contributed by atoms with Crippen LogP contribution in [0.4, 0.5) is 0 Å². The molecule has 1 aliphatic rings. The van der Waals surface area contributed by atoms with Gasteiger partial charge in [-0.25, -0.2) is 13.1 Å². The van der Waals surface area contributed by atoms with Crippen molar-refractivity contribution >= 4 is 21.6 Å². The Hall–Kier alpha value is -2.55. The lowest BCUT2D eigenvalue weighted by Gasteiger charge is -2.31. The van der Waals surface area contributed by atoms with Gasteiger partial charge in [-0.1, -0.05) is 43.0 Å². The zero-order valence-electron chi connectivity index (χ0n) is 19.0. The number of hydrogen-bond acceptors (Lipinski definition) is 5. The summed E-state index contributed by atoms with van der Waals surface area (Å²) in [6.45, 7) is 0. The van der Waals surface area contributed by atoms with Crippen LogP contribution in [0.3, 0.4) is 0 Å². The summed E-state index contributed by atoms with van der Waals surface area (Å²) in [5.41, 5.74) is 1.91. The van der Waals surface area contributed by atoms with E-state index in [1.807, 2.05) is 18.2 Å². The van der Waals surface area contributed by atoms with Crippen molar-refractivity contribution in [3.8, 4) is 28.4 Å². The van der Waals surface area contributed by atoms with Gasteiger partial charge in [-0.15, -0.1) is 0 Å². The van der Waals surface area contributed by atoms with E-state index in [9.17, 15) is 8.42 Å². The van der Waals surface area contributed by atoms with Gasteiger partial charge in [0.05, 0.1) is 36.8 Å². The average molecular weight is 490 g/mol. The van der Waals surface area contributed by atoms with Crippen molar-refractivity contribution < 1.29 is 17.9 Å². The van der Waals surface area contributed by atoms with Crippen LogP contribution in [0, 0.1) is 0 Å². The minimum absolute atomic E-state index is 0.0207. The Morgan fingerprint density at radius 2 is 1.73 bits per heavy atom. The predicted molar refractivity (Wildman–Crippen MR) is 129 cm³/mol. The lowest BCUT2D eigenvalue weighted by molar-refractivity contribution is 0.284. The van der Waals surface area contributed by atoms with E-state index in [-0.39, 0.29) is 16.7 Å². The molecule has 33 heavy (non-hydrogen) atoms. The number of benzene rings is 2. The highest BCUT2D eigenvalue weighted by atomic mass is 35.5. The normalized spacial score (nSPS) is 15.1. The third-order valence-corrected chi connectivity index (χ3v) is 8.48. The summed E-state index contributed by atoms with van der Waals surface area (Å²) in [4.78, 5) is 0.0979. The van der Waals surface area contributed by atoms with Crippen molar-refractivity contribution in [2.45, 2.75) is 43.0 Å². The first kappa shape index (κ1) is 23.6. The Labute approximate surface area is 199 Å². The van der Waals surface area contributed by atoms with E-state index in [4.69, 9.17) is 21.1 Å². The van der Waals surface area contributed by atoms with Crippen molar-refractivity contribution in [3.05, 3.63) is 53.7 Å². The van der Waals surface area contributed by atoms with E-state index in [1.165, 1.54) is 18.5 Å². The molecule has 0 bridgehead atoms. The summed E-state index contributed by atoms with van der Waals surface area (Å²) >= 11 is 6.41. The summed E-state index contributed by atoms with van der Waals surface area (Å²) in [5, 5.41) is 4.96. The molecular weight excluding hydrogens is 462 g/mol. The fourth-order valence-corrected chi connectivity index (χ4v) is 6.18. The number of hydrogen-bond donors (Lipinski definition) is 0. The van der Waals surface area contributed by atoms with Crippen LogP contribution in [0.5, 0.6) is 11.5 Å². The van der Waals surface area contributed by atoms with Gasteiger partial charge in [-0.05, 0) is 37.1 Å². The molecule has 9 heteroatoms. The molecule has 1 saturated carbocycles. The first-order valence-corrected chi connectivity index (χ1v) is 12.7. The maximum atomic E-state index is 13.7. The number of nitrogens with zero attached hydrogens (tertiary/aromatic N) is 3. The summed E-state index contributed by atoms with van der Waals surface area (Å²) < 4.78 is 41.7. The molecule has 0 amide bonds. The molecule has 176 valence electrons. The molecule has 3 aromatic rings. The van der Waals surface area contributed by atoms with Gasteiger partial charge >= 0.3 is 0 Å². The second-order valence-electron chi connectivity index (χ2n) is 8.10. The summed E-state index contributed by atoms with van der Waals surface area (Å²) in [5.74, 6) is 0.710. The third kappa shape index (κ3) is 4.47. The Kier molecular flexibility index (Phi) is 6.97. The Balaban J connectivity index is 1.86. The standard InChI is InChI=1S/C24H28ClN3O4S/c1-27(17-9-5-4-6-10-17)33(29,30)24-15-18(22(31-2)16-23(24)32-3)20-13-14-26-28(20)21-12-8-7-11-19(21)25/h7-8,11-17H,4-6,9-10H2,1-3H3. The van der Waals surface area contributed by atoms with Crippen molar-refractivity contribution in [2.75, 3.05) is 21.3 Å². The van der Waals surface area contributed by atoms with Gasteiger partial charge in [-0.2, -0.15) is 9.40 Å². The smallest absolute Gasteiger partial charge is 0.246 e. The summed E-state index contributed by atoms with van der Waals surface area (Å²) in [6.07, 6.45) is 6.58. The highest BCUT2D eigenvalue weighted by Gasteiger charge is 2.33. The van der Waals surface area contributed by atoms with E-state index in [0.717, 1.165) is 32.1 Å². The number of ether oxygens (including phenoxy) is 2. The molecule has 1 fully saturated rings. The number of halogens is 1. The molecule has 0 saturated heterocycles. The molecule has 0 unspecified atom stereocenters. The van der Waals surface area contributed by atoms with Gasteiger partial charge in [0.15, 0.2) is 0 Å². The monoisotopic (exact) mass is 489 g/mol. The zero-order chi connectivity index (χ0) is 23.6. The van der Waals surface area contributed by atoms with Crippen LogP contribution in [0.15, 0.2) is 53.6 Å². The number of aromatic nitrogens is 2. The fraction of sp³-hybridized carbons (Fsp3) is 0.375. The molecule has 7 nitrogen and oxygen atoms in total. The molecule has 2 aromatic carbocycles. The van der Waals surface area contributed by atoms with E-state index in [2.05, 4.69) is 5.10 Å². The van der Waals surface area contributed by atoms with E-state index >= 15 is 0 Å². The number of sulfonamides is 1. The van der Waals surface area contributed by atoms with Crippen molar-refractivity contribution in [1.29, 1.82) is 0 Å². The lowest BCUT2D eigenvalue weighted by atomic mass is 9.96. The van der Waals surface area contributed by atoms with Crippen LogP contribution in [0.25, 0.3) is 16.9 Å². The minimum Gasteiger partial charge on any atom is -0.496 e. The second-order valence-corrected chi connectivity index (χ2v) is 10.5. The number of methoxy groups -OCH3 is 2. The molecule has 1 aromatic heterocycles. The number of rotatable bonds is 7. The van der Waals surface area contributed by atoms with Crippen molar-refractivity contribution in [3.63, 3.8) is 0 Å². The largest absolute Gasteiger partial charge is 0.496 e. The first-order chi connectivity index (χ1) is 15.9. The van der Waals surface area contributed by atoms with E-state index in [0.29, 0.717) is 27.7 Å². The zero-order valence-corrected chi connectivity index (χ0v) is 20.6. The van der Waals surface area contributed by atoms with Gasteiger partial charge in [-0.3, -0.25) is 0 Å². The Morgan fingerprint density at radius 1 is 1.03 bits per heavy atom. The maximum absolute atomic E-state index is 13.7. The third-order valence-electron chi connectivity index (χ3n) is 6.23. The fourth-order valence-electron chi connectivity index (χ4n) is 4.39. The molecule has 0 aliphatic heterocycles. The highest BCUT2D eigenvalue weighted by molar-refractivity contribution is 7.89. The molecule has 0 spiro atoms. The second kappa shape index (κ2) is 9.75. The summed E-state index contributed by atoms with van der Waals surface area (Å²) in [6, 6.07) is 12.3.